The summed E-state index contributed by atoms with van der Waals surface area (Å²) in [7, 11) is 1.85. The van der Waals surface area contributed by atoms with E-state index < -0.39 is 0 Å². The normalized spacial score (nSPS) is 17.5. The Morgan fingerprint density at radius 3 is 2.79 bits per heavy atom. The van der Waals surface area contributed by atoms with Gasteiger partial charge in [-0.25, -0.2) is 14.4 Å². The Balaban J connectivity index is 1.69. The molecule has 3 rings (SSSR count). The lowest BCUT2D eigenvalue weighted by molar-refractivity contribution is 0.0601. The van der Waals surface area contributed by atoms with Crippen molar-refractivity contribution in [2.24, 2.45) is 5.92 Å². The number of amides is 1. The van der Waals surface area contributed by atoms with Crippen LogP contribution in [0.2, 0.25) is 0 Å². The predicted molar refractivity (Wildman–Crippen MR) is 112 cm³/mol. The third kappa shape index (κ3) is 5.60. The Morgan fingerprint density at radius 1 is 1.31 bits per heavy atom. The van der Waals surface area contributed by atoms with E-state index in [0.717, 1.165) is 38.0 Å². The molecule has 29 heavy (non-hydrogen) atoms. The van der Waals surface area contributed by atoms with E-state index in [-0.39, 0.29) is 17.8 Å². The van der Waals surface area contributed by atoms with Gasteiger partial charge in [0.25, 0.3) is 5.91 Å². The van der Waals surface area contributed by atoms with Crippen molar-refractivity contribution >= 4 is 5.91 Å². The number of carbonyl (C=O) groups is 1. The van der Waals surface area contributed by atoms with Gasteiger partial charge in [-0.15, -0.1) is 0 Å². The molecule has 1 aromatic heterocycles. The summed E-state index contributed by atoms with van der Waals surface area (Å²) < 4.78 is 14.0. The highest BCUT2D eigenvalue weighted by atomic mass is 19.1. The topological polar surface area (TPSA) is 49.3 Å². The highest BCUT2D eigenvalue weighted by Gasteiger charge is 2.28. The largest absolute Gasteiger partial charge is 0.336 e. The van der Waals surface area contributed by atoms with Crippen molar-refractivity contribution in [2.45, 2.75) is 52.6 Å². The molecule has 6 heteroatoms. The molecule has 0 bridgehead atoms. The Labute approximate surface area is 173 Å². The summed E-state index contributed by atoms with van der Waals surface area (Å²) in [6.07, 6.45) is 2.75. The van der Waals surface area contributed by atoms with Crippen LogP contribution in [-0.4, -0.2) is 51.9 Å². The van der Waals surface area contributed by atoms with Crippen molar-refractivity contribution in [3.8, 4) is 0 Å². The third-order valence-corrected chi connectivity index (χ3v) is 5.43. The molecule has 2 heterocycles. The van der Waals surface area contributed by atoms with Crippen LogP contribution >= 0.6 is 0 Å². The van der Waals surface area contributed by atoms with Crippen LogP contribution in [0.1, 0.15) is 54.3 Å². The molecule has 2 aromatic rings. The minimum absolute atomic E-state index is 0.0711. The first-order valence-corrected chi connectivity index (χ1v) is 10.4. The maximum atomic E-state index is 14.0. The quantitative estimate of drug-likeness (QED) is 0.741. The number of hydrogen-bond donors (Lipinski definition) is 0. The number of benzene rings is 1. The summed E-state index contributed by atoms with van der Waals surface area (Å²) in [6.45, 7) is 8.32. The van der Waals surface area contributed by atoms with Crippen molar-refractivity contribution in [3.63, 3.8) is 0 Å². The number of halogens is 1. The van der Waals surface area contributed by atoms with E-state index in [1.807, 2.05) is 32.2 Å². The van der Waals surface area contributed by atoms with E-state index in [0.29, 0.717) is 29.5 Å². The number of likely N-dealkylation sites (tertiary alicyclic amines) is 1. The number of aromatic nitrogens is 2. The van der Waals surface area contributed by atoms with Crippen molar-refractivity contribution < 1.29 is 9.18 Å². The molecule has 1 fully saturated rings. The average Bonchev–Trinajstić information content (AvgIpc) is 2.68. The molecule has 1 atom stereocenters. The van der Waals surface area contributed by atoms with Gasteiger partial charge in [0.1, 0.15) is 17.3 Å². The van der Waals surface area contributed by atoms with Gasteiger partial charge in [0.2, 0.25) is 0 Å². The highest BCUT2D eigenvalue weighted by molar-refractivity contribution is 5.92. The molecule has 1 saturated heterocycles. The van der Waals surface area contributed by atoms with E-state index in [1.165, 1.54) is 6.07 Å². The number of aryl methyl sites for hydroxylation is 1. The molecule has 1 aliphatic heterocycles. The Kier molecular flexibility index (Phi) is 6.96. The van der Waals surface area contributed by atoms with Crippen LogP contribution in [0.4, 0.5) is 4.39 Å². The minimum Gasteiger partial charge on any atom is -0.336 e. The summed E-state index contributed by atoms with van der Waals surface area (Å²) in [4.78, 5) is 26.0. The number of piperidine rings is 1. The fourth-order valence-corrected chi connectivity index (χ4v) is 3.97. The molecule has 156 valence electrons. The molecule has 5 nitrogen and oxygen atoms in total. The molecule has 1 aromatic carbocycles. The molecule has 1 unspecified atom stereocenters. The summed E-state index contributed by atoms with van der Waals surface area (Å²) in [6, 6.07) is 8.81. The zero-order valence-corrected chi connectivity index (χ0v) is 17.9. The lowest BCUT2D eigenvalue weighted by Crippen LogP contribution is -2.48. The monoisotopic (exact) mass is 398 g/mol. The standard InChI is InChI=1S/C23H31FN4O/c1-16(2)12-19-13-22(26-17(3)25-19)23(29)27(4)20-9-7-11-28(15-20)14-18-8-5-6-10-21(18)24/h5-6,8,10,13,16,20H,7,9,11-12,14-15H2,1-4H3. The van der Waals surface area contributed by atoms with Gasteiger partial charge < -0.3 is 4.90 Å². The summed E-state index contributed by atoms with van der Waals surface area (Å²) in [5.41, 5.74) is 2.07. The lowest BCUT2D eigenvalue weighted by atomic mass is 10.0. The van der Waals surface area contributed by atoms with Gasteiger partial charge in [0.05, 0.1) is 0 Å². The van der Waals surface area contributed by atoms with E-state index in [2.05, 4.69) is 28.7 Å². The van der Waals surface area contributed by atoms with Crippen LogP contribution in [0.5, 0.6) is 0 Å². The molecule has 0 N–H and O–H groups in total. The Morgan fingerprint density at radius 2 is 2.07 bits per heavy atom. The van der Waals surface area contributed by atoms with Gasteiger partial charge >= 0.3 is 0 Å². The van der Waals surface area contributed by atoms with Crippen LogP contribution in [-0.2, 0) is 13.0 Å². The average molecular weight is 399 g/mol. The fourth-order valence-electron chi connectivity index (χ4n) is 3.97. The number of carbonyl (C=O) groups excluding carboxylic acids is 1. The molecular formula is C23H31FN4O. The number of hydrogen-bond acceptors (Lipinski definition) is 4. The minimum atomic E-state index is -0.173. The smallest absolute Gasteiger partial charge is 0.272 e. The van der Waals surface area contributed by atoms with Crippen LogP contribution in [0.15, 0.2) is 30.3 Å². The van der Waals surface area contributed by atoms with Gasteiger partial charge in [0.15, 0.2) is 0 Å². The van der Waals surface area contributed by atoms with E-state index >= 15 is 0 Å². The van der Waals surface area contributed by atoms with Crippen LogP contribution < -0.4 is 0 Å². The summed E-state index contributed by atoms with van der Waals surface area (Å²) in [5.74, 6) is 0.853. The highest BCUT2D eigenvalue weighted by Crippen LogP contribution is 2.20. The Hall–Kier alpha value is -2.34. The second-order valence-corrected chi connectivity index (χ2v) is 8.43. The molecule has 1 aliphatic rings. The van der Waals surface area contributed by atoms with Crippen LogP contribution in [0, 0.1) is 18.7 Å². The second-order valence-electron chi connectivity index (χ2n) is 8.43. The molecule has 0 aliphatic carbocycles. The summed E-state index contributed by atoms with van der Waals surface area (Å²) >= 11 is 0. The summed E-state index contributed by atoms with van der Waals surface area (Å²) in [5, 5.41) is 0. The first-order valence-electron chi connectivity index (χ1n) is 10.4. The zero-order valence-electron chi connectivity index (χ0n) is 17.9. The SMILES string of the molecule is Cc1nc(CC(C)C)cc(C(=O)N(C)C2CCCN(Cc3ccccc3F)C2)n1. The molecule has 0 spiro atoms. The Bertz CT molecular complexity index is 855. The molecule has 0 radical (unpaired) electrons. The molecule has 1 amide bonds. The number of nitrogens with zero attached hydrogens (tertiary/aromatic N) is 4. The van der Waals surface area contributed by atoms with Crippen LogP contribution in [0.25, 0.3) is 0 Å². The van der Waals surface area contributed by atoms with Crippen molar-refractivity contribution in [3.05, 3.63) is 58.9 Å². The van der Waals surface area contributed by atoms with Gasteiger partial charge in [-0.3, -0.25) is 9.69 Å². The van der Waals surface area contributed by atoms with Gasteiger partial charge in [-0.05, 0) is 50.8 Å². The number of rotatable bonds is 6. The van der Waals surface area contributed by atoms with Crippen molar-refractivity contribution in [1.82, 2.24) is 19.8 Å². The maximum Gasteiger partial charge on any atom is 0.272 e. The maximum absolute atomic E-state index is 14.0. The first kappa shape index (κ1) is 21.4. The lowest BCUT2D eigenvalue weighted by Gasteiger charge is -2.37. The van der Waals surface area contributed by atoms with E-state index in [4.69, 9.17) is 0 Å². The van der Waals surface area contributed by atoms with Crippen molar-refractivity contribution in [1.29, 1.82) is 0 Å². The second kappa shape index (κ2) is 9.44. The van der Waals surface area contributed by atoms with E-state index in [1.54, 1.807) is 11.0 Å². The van der Waals surface area contributed by atoms with Crippen molar-refractivity contribution in [2.75, 3.05) is 20.1 Å². The predicted octanol–water partition coefficient (Wildman–Crippen LogP) is 3.86. The fraction of sp³-hybridized carbons (Fsp3) is 0.522. The third-order valence-electron chi connectivity index (χ3n) is 5.43. The number of likely N-dealkylation sites (N-methyl/N-ethyl adjacent to an activating group) is 1. The van der Waals surface area contributed by atoms with Gasteiger partial charge in [0, 0.05) is 37.4 Å². The molecular weight excluding hydrogens is 367 g/mol. The molecule has 0 saturated carbocycles. The van der Waals surface area contributed by atoms with Gasteiger partial charge in [-0.1, -0.05) is 32.0 Å². The van der Waals surface area contributed by atoms with Crippen LogP contribution in [0.3, 0.4) is 0 Å². The zero-order chi connectivity index (χ0) is 21.0. The van der Waals surface area contributed by atoms with E-state index in [9.17, 15) is 9.18 Å². The van der Waals surface area contributed by atoms with Gasteiger partial charge in [-0.2, -0.15) is 0 Å². The first-order chi connectivity index (χ1) is 13.8.